The van der Waals surface area contributed by atoms with E-state index in [1.807, 2.05) is 0 Å². The molecule has 2 aromatic heterocycles. The minimum absolute atomic E-state index is 0.0707. The van der Waals surface area contributed by atoms with Crippen molar-refractivity contribution in [3.63, 3.8) is 0 Å². The highest BCUT2D eigenvalue weighted by Crippen LogP contribution is 2.41. The largest absolute Gasteiger partial charge is 0.364 e. The van der Waals surface area contributed by atoms with Crippen LogP contribution in [0, 0.1) is 0 Å². The monoisotopic (exact) mass is 622 g/mol. The summed E-state index contributed by atoms with van der Waals surface area (Å²) >= 11 is 0. The first-order valence-electron chi connectivity index (χ1n) is 17.0. The van der Waals surface area contributed by atoms with Gasteiger partial charge in [-0.2, -0.15) is 0 Å². The Morgan fingerprint density at radius 3 is 1.38 bits per heavy atom. The summed E-state index contributed by atoms with van der Waals surface area (Å²) < 4.78 is 0. The third-order valence-electron chi connectivity index (χ3n) is 10.7. The number of fused-ring (bicyclic) bond motifs is 8. The number of carbonyl (C=O) groups is 1. The molecule has 232 valence electrons. The normalized spacial score (nSPS) is 14.6. The number of rotatable bonds is 4. The molecule has 5 heteroatoms. The lowest BCUT2D eigenvalue weighted by atomic mass is 9.91. The van der Waals surface area contributed by atoms with Crippen molar-refractivity contribution in [2.75, 3.05) is 22.9 Å². The Morgan fingerprint density at radius 1 is 0.479 bits per heavy atom. The molecular formula is C43H34N4O. The number of para-hydroxylation sites is 2. The number of anilines is 2. The van der Waals surface area contributed by atoms with E-state index < -0.39 is 0 Å². The van der Waals surface area contributed by atoms with Gasteiger partial charge in [-0.05, 0) is 59.0 Å². The number of carbonyl (C=O) groups excluding carboxylic acids is 1. The van der Waals surface area contributed by atoms with Gasteiger partial charge in [0.25, 0.3) is 0 Å². The molecule has 0 saturated heterocycles. The van der Waals surface area contributed by atoms with Crippen LogP contribution in [0.25, 0.3) is 43.4 Å². The first-order chi connectivity index (χ1) is 23.7. The van der Waals surface area contributed by atoms with Gasteiger partial charge in [0.15, 0.2) is 5.78 Å². The van der Waals surface area contributed by atoms with Crippen LogP contribution in [0.2, 0.25) is 0 Å². The van der Waals surface area contributed by atoms with Gasteiger partial charge in [-0.1, -0.05) is 97.1 Å². The molecule has 0 aliphatic carbocycles. The molecule has 0 fully saturated rings. The van der Waals surface area contributed by atoms with Crippen LogP contribution in [-0.2, 0) is 25.9 Å². The Morgan fingerprint density at radius 2 is 0.896 bits per heavy atom. The molecule has 0 bridgehead atoms. The smallest absolute Gasteiger partial charge is 0.197 e. The maximum atomic E-state index is 15.2. The maximum Gasteiger partial charge on any atom is 0.197 e. The van der Waals surface area contributed by atoms with Crippen molar-refractivity contribution in [1.82, 2.24) is 9.97 Å². The minimum atomic E-state index is 0.0707. The molecule has 5 nitrogen and oxygen atoms in total. The van der Waals surface area contributed by atoms with E-state index in [0.717, 1.165) is 83.1 Å². The van der Waals surface area contributed by atoms with Crippen LogP contribution in [0.5, 0.6) is 0 Å². The van der Waals surface area contributed by atoms with Crippen LogP contribution in [0.3, 0.4) is 0 Å². The van der Waals surface area contributed by atoms with E-state index in [0.29, 0.717) is 0 Å². The lowest BCUT2D eigenvalue weighted by Gasteiger charge is -2.33. The van der Waals surface area contributed by atoms with E-state index in [4.69, 9.17) is 0 Å². The second kappa shape index (κ2) is 10.6. The number of ketones is 1. The van der Waals surface area contributed by atoms with Gasteiger partial charge in [-0.25, -0.2) is 0 Å². The summed E-state index contributed by atoms with van der Waals surface area (Å²) in [4.78, 5) is 27.4. The summed E-state index contributed by atoms with van der Waals surface area (Å²) in [6.07, 6.45) is 1.86. The van der Waals surface area contributed by atoms with Crippen molar-refractivity contribution in [2.24, 2.45) is 0 Å². The van der Waals surface area contributed by atoms with Gasteiger partial charge in [0, 0.05) is 68.2 Å². The number of nitrogens with zero attached hydrogens (tertiary/aromatic N) is 2. The molecule has 48 heavy (non-hydrogen) atoms. The lowest BCUT2D eigenvalue weighted by Crippen LogP contribution is -2.33. The molecule has 4 heterocycles. The van der Waals surface area contributed by atoms with Gasteiger partial charge in [0.1, 0.15) is 0 Å². The fourth-order valence-corrected chi connectivity index (χ4v) is 8.47. The number of nitrogens with one attached hydrogen (secondary N) is 2. The van der Waals surface area contributed by atoms with E-state index in [9.17, 15) is 0 Å². The average Bonchev–Trinajstić information content (AvgIpc) is 3.71. The van der Waals surface area contributed by atoms with Crippen molar-refractivity contribution in [3.05, 3.63) is 155 Å². The van der Waals surface area contributed by atoms with Crippen molar-refractivity contribution < 1.29 is 4.79 Å². The van der Waals surface area contributed by atoms with E-state index >= 15 is 4.79 Å². The standard InChI is InChI=1S/C43H34N4O/c48-43(35-19-17-27-9-1-3-11-29(27)41(35)46-23-21-33-31-13-5-7-15-37(31)44-39(33)25-46)36-20-18-28-10-2-4-12-30(28)42(36)47-24-22-34-32-14-6-8-16-38(32)45-40(34)26-47/h1-20,44-45H,21-26H2. The minimum Gasteiger partial charge on any atom is -0.364 e. The maximum absolute atomic E-state index is 15.2. The number of hydrogen-bond donors (Lipinski definition) is 2. The molecule has 2 aliphatic rings. The molecule has 0 saturated carbocycles. The highest BCUT2D eigenvalue weighted by atomic mass is 16.1. The Balaban J connectivity index is 1.12. The van der Waals surface area contributed by atoms with Crippen molar-refractivity contribution in [3.8, 4) is 0 Å². The first-order valence-corrected chi connectivity index (χ1v) is 17.0. The average molecular weight is 623 g/mol. The molecule has 0 atom stereocenters. The third kappa shape index (κ3) is 4.13. The topological polar surface area (TPSA) is 55.1 Å². The van der Waals surface area contributed by atoms with Gasteiger partial charge >= 0.3 is 0 Å². The van der Waals surface area contributed by atoms with E-state index in [-0.39, 0.29) is 5.78 Å². The molecule has 0 unspecified atom stereocenters. The summed E-state index contributed by atoms with van der Waals surface area (Å²) in [7, 11) is 0. The van der Waals surface area contributed by atoms with Crippen molar-refractivity contribution >= 4 is 60.5 Å². The quantitative estimate of drug-likeness (QED) is 0.192. The summed E-state index contributed by atoms with van der Waals surface area (Å²) in [5, 5.41) is 7.14. The summed E-state index contributed by atoms with van der Waals surface area (Å²) in [6.45, 7) is 3.17. The zero-order chi connectivity index (χ0) is 31.8. The van der Waals surface area contributed by atoms with Crippen LogP contribution in [0.1, 0.15) is 38.4 Å². The second-order valence-electron chi connectivity index (χ2n) is 13.3. The SMILES string of the molecule is O=C(c1ccc2ccccc2c1N1CCc2c([nH]c3ccccc23)C1)c1ccc2ccccc2c1N1CCc2c([nH]c3ccccc23)C1. The van der Waals surface area contributed by atoms with E-state index in [2.05, 4.69) is 141 Å². The summed E-state index contributed by atoms with van der Waals surface area (Å²) in [6, 6.07) is 42.5. The molecule has 2 aliphatic heterocycles. The highest BCUT2D eigenvalue weighted by molar-refractivity contribution is 6.21. The number of H-pyrrole nitrogens is 2. The van der Waals surface area contributed by atoms with Gasteiger partial charge in [-0.15, -0.1) is 0 Å². The van der Waals surface area contributed by atoms with Crippen LogP contribution in [-0.4, -0.2) is 28.8 Å². The number of aromatic nitrogens is 2. The molecule has 2 N–H and O–H groups in total. The molecule has 0 radical (unpaired) electrons. The highest BCUT2D eigenvalue weighted by Gasteiger charge is 2.30. The molecule has 0 spiro atoms. The van der Waals surface area contributed by atoms with Gasteiger partial charge in [-0.3, -0.25) is 4.79 Å². The third-order valence-corrected chi connectivity index (χ3v) is 10.7. The summed E-state index contributed by atoms with van der Waals surface area (Å²) in [5.41, 5.74) is 11.2. The molecule has 0 amide bonds. The Hall–Kier alpha value is -5.81. The summed E-state index contributed by atoms with van der Waals surface area (Å²) in [5.74, 6) is 0.0707. The Labute approximate surface area is 278 Å². The fourth-order valence-electron chi connectivity index (χ4n) is 8.47. The predicted octanol–water partition coefficient (Wildman–Crippen LogP) is 9.31. The number of hydrogen-bond acceptors (Lipinski definition) is 3. The lowest BCUT2D eigenvalue weighted by molar-refractivity contribution is 0.103. The zero-order valence-corrected chi connectivity index (χ0v) is 26.6. The molecule has 10 rings (SSSR count). The zero-order valence-electron chi connectivity index (χ0n) is 26.6. The fraction of sp³-hybridized carbons (Fsp3) is 0.140. The number of benzene rings is 6. The van der Waals surface area contributed by atoms with Crippen LogP contribution >= 0.6 is 0 Å². The van der Waals surface area contributed by atoms with Gasteiger partial charge < -0.3 is 19.8 Å². The van der Waals surface area contributed by atoms with Gasteiger partial charge in [0.05, 0.1) is 24.5 Å². The van der Waals surface area contributed by atoms with Crippen LogP contribution < -0.4 is 9.80 Å². The second-order valence-corrected chi connectivity index (χ2v) is 13.3. The van der Waals surface area contributed by atoms with Crippen molar-refractivity contribution in [1.29, 1.82) is 0 Å². The van der Waals surface area contributed by atoms with Crippen LogP contribution in [0.4, 0.5) is 11.4 Å². The predicted molar refractivity (Wildman–Crippen MR) is 197 cm³/mol. The molecular weight excluding hydrogens is 589 g/mol. The van der Waals surface area contributed by atoms with E-state index in [1.54, 1.807) is 0 Å². The Bertz CT molecular complexity index is 2400. The van der Waals surface area contributed by atoms with E-state index in [1.165, 1.54) is 44.3 Å². The number of aromatic amines is 2. The molecule has 8 aromatic rings. The molecule has 6 aromatic carbocycles. The van der Waals surface area contributed by atoms with Crippen molar-refractivity contribution in [2.45, 2.75) is 25.9 Å². The Kier molecular flexibility index (Phi) is 6.04. The van der Waals surface area contributed by atoms with Crippen LogP contribution in [0.15, 0.2) is 121 Å². The van der Waals surface area contributed by atoms with Gasteiger partial charge in [0.2, 0.25) is 0 Å². The first kappa shape index (κ1) is 27.3.